The van der Waals surface area contributed by atoms with Crippen LogP contribution in [0.3, 0.4) is 0 Å². The maximum atomic E-state index is 13.9. The third kappa shape index (κ3) is 4.22. The number of nitrogens with one attached hydrogen (secondary N) is 1. The quantitative estimate of drug-likeness (QED) is 0.370. The first-order valence-electron chi connectivity index (χ1n) is 7.07. The third-order valence-electron chi connectivity index (χ3n) is 3.26. The van der Waals surface area contributed by atoms with Gasteiger partial charge in [-0.1, -0.05) is 0 Å². The molecule has 1 unspecified atom stereocenters. The normalized spacial score (nSPS) is 12.7. The van der Waals surface area contributed by atoms with Gasteiger partial charge >= 0.3 is 5.97 Å². The minimum atomic E-state index is -4.25. The molecule has 2 aromatic rings. The predicted molar refractivity (Wildman–Crippen MR) is 90.8 cm³/mol. The summed E-state index contributed by atoms with van der Waals surface area (Å²) < 4.78 is 45.5. The first-order valence-corrected chi connectivity index (χ1v) is 8.56. The van der Waals surface area contributed by atoms with Crippen molar-refractivity contribution < 1.29 is 27.4 Å². The number of hydrogen-bond donors (Lipinski definition) is 4. The lowest BCUT2D eigenvalue weighted by molar-refractivity contribution is -0.140. The SMILES string of the molecule is COCC(NS(=O)(=O)c1ccc2c(F)cnc(N=C(N)N)c2c1)C(=O)O. The summed E-state index contributed by atoms with van der Waals surface area (Å²) in [6.07, 6.45) is 0.898. The zero-order valence-electron chi connectivity index (χ0n) is 13.5. The molecule has 0 aliphatic heterocycles. The van der Waals surface area contributed by atoms with Crippen molar-refractivity contribution in [2.75, 3.05) is 13.7 Å². The van der Waals surface area contributed by atoms with E-state index in [1.165, 1.54) is 13.2 Å². The molecule has 140 valence electrons. The number of pyridine rings is 1. The van der Waals surface area contributed by atoms with Crippen molar-refractivity contribution in [3.8, 4) is 0 Å². The lowest BCUT2D eigenvalue weighted by atomic mass is 10.1. The second kappa shape index (κ2) is 7.59. The van der Waals surface area contributed by atoms with Gasteiger partial charge in [0, 0.05) is 17.9 Å². The third-order valence-corrected chi connectivity index (χ3v) is 4.73. The van der Waals surface area contributed by atoms with Gasteiger partial charge in [-0.05, 0) is 18.2 Å². The average molecular weight is 385 g/mol. The number of rotatable bonds is 7. The van der Waals surface area contributed by atoms with Crippen LogP contribution in [0.1, 0.15) is 0 Å². The molecule has 2 rings (SSSR count). The first-order chi connectivity index (χ1) is 12.2. The van der Waals surface area contributed by atoms with Crippen LogP contribution in [0.4, 0.5) is 10.2 Å². The molecule has 0 spiro atoms. The molecule has 26 heavy (non-hydrogen) atoms. The van der Waals surface area contributed by atoms with Crippen LogP contribution in [0.25, 0.3) is 10.8 Å². The molecule has 1 aromatic carbocycles. The summed E-state index contributed by atoms with van der Waals surface area (Å²) >= 11 is 0. The molecular formula is C14H16FN5O5S. The highest BCUT2D eigenvalue weighted by Gasteiger charge is 2.26. The number of benzene rings is 1. The Labute approximate surface area is 147 Å². The summed E-state index contributed by atoms with van der Waals surface area (Å²) in [5.41, 5.74) is 10.6. The molecular weight excluding hydrogens is 369 g/mol. The largest absolute Gasteiger partial charge is 0.480 e. The van der Waals surface area contributed by atoms with Crippen molar-refractivity contribution >= 4 is 38.5 Å². The summed E-state index contributed by atoms with van der Waals surface area (Å²) in [6, 6.07) is 1.93. The van der Waals surface area contributed by atoms with Gasteiger partial charge in [-0.15, -0.1) is 0 Å². The van der Waals surface area contributed by atoms with Crippen LogP contribution < -0.4 is 16.2 Å². The number of ether oxygens (including phenoxy) is 1. The number of sulfonamides is 1. The molecule has 0 fully saturated rings. The van der Waals surface area contributed by atoms with Gasteiger partial charge in [-0.3, -0.25) is 4.79 Å². The molecule has 1 aromatic heterocycles. The number of carboxylic acid groups (broad SMARTS) is 1. The van der Waals surface area contributed by atoms with Crippen LogP contribution in [0, 0.1) is 5.82 Å². The predicted octanol–water partition coefficient (Wildman–Crippen LogP) is -0.343. The zero-order valence-corrected chi connectivity index (χ0v) is 14.3. The summed E-state index contributed by atoms with van der Waals surface area (Å²) in [7, 11) is -3.02. The van der Waals surface area contributed by atoms with Crippen LogP contribution in [0.5, 0.6) is 0 Å². The van der Waals surface area contributed by atoms with Gasteiger partial charge in [0.1, 0.15) is 11.9 Å². The minimum Gasteiger partial charge on any atom is -0.480 e. The van der Waals surface area contributed by atoms with E-state index < -0.39 is 27.9 Å². The van der Waals surface area contributed by atoms with Crippen molar-refractivity contribution in [3.05, 3.63) is 30.2 Å². The van der Waals surface area contributed by atoms with Gasteiger partial charge in [0.25, 0.3) is 0 Å². The van der Waals surface area contributed by atoms with E-state index in [0.717, 1.165) is 18.3 Å². The van der Waals surface area contributed by atoms with Gasteiger partial charge in [0.2, 0.25) is 10.0 Å². The molecule has 0 aliphatic carbocycles. The van der Waals surface area contributed by atoms with Crippen molar-refractivity contribution in [3.63, 3.8) is 0 Å². The topological polar surface area (TPSA) is 170 Å². The van der Waals surface area contributed by atoms with E-state index in [-0.39, 0.29) is 34.1 Å². The molecule has 1 atom stereocenters. The van der Waals surface area contributed by atoms with Gasteiger partial charge in [-0.2, -0.15) is 9.71 Å². The van der Waals surface area contributed by atoms with Gasteiger partial charge in [0.15, 0.2) is 11.8 Å². The molecule has 0 radical (unpaired) electrons. The van der Waals surface area contributed by atoms with Crippen LogP contribution in [0.2, 0.25) is 0 Å². The van der Waals surface area contributed by atoms with Crippen LogP contribution in [-0.2, 0) is 19.6 Å². The number of halogens is 1. The number of carboxylic acids is 1. The zero-order chi connectivity index (χ0) is 19.5. The Morgan fingerprint density at radius 2 is 2.12 bits per heavy atom. The Morgan fingerprint density at radius 3 is 2.69 bits per heavy atom. The van der Waals surface area contributed by atoms with E-state index in [9.17, 15) is 17.6 Å². The summed E-state index contributed by atoms with van der Waals surface area (Å²) in [5, 5.41) is 9.14. The lowest BCUT2D eigenvalue weighted by Crippen LogP contribution is -2.43. The highest BCUT2D eigenvalue weighted by Crippen LogP contribution is 2.28. The lowest BCUT2D eigenvalue weighted by Gasteiger charge is -2.14. The Balaban J connectivity index is 2.56. The van der Waals surface area contributed by atoms with Gasteiger partial charge in [-0.25, -0.2) is 17.8 Å². The number of nitrogens with two attached hydrogens (primary N) is 2. The molecule has 0 saturated heterocycles. The Kier molecular flexibility index (Phi) is 5.69. The van der Waals surface area contributed by atoms with E-state index in [1.54, 1.807) is 0 Å². The fourth-order valence-electron chi connectivity index (χ4n) is 2.13. The van der Waals surface area contributed by atoms with Crippen molar-refractivity contribution in [2.45, 2.75) is 10.9 Å². The fourth-order valence-corrected chi connectivity index (χ4v) is 3.33. The first kappa shape index (κ1) is 19.5. The Bertz CT molecular complexity index is 975. The molecule has 1 heterocycles. The monoisotopic (exact) mass is 385 g/mol. The Morgan fingerprint density at radius 1 is 1.42 bits per heavy atom. The standard InChI is InChI=1S/C14H16FN5O5S/c1-25-6-11(13(21)22)20-26(23,24)7-2-3-8-9(4-7)12(19-14(16)17)18-5-10(8)15/h2-5,11,20H,6H2,1H3,(H,21,22)(H4,16,17,18,19). The van der Waals surface area contributed by atoms with Crippen molar-refractivity contribution in [2.24, 2.45) is 16.5 Å². The van der Waals surface area contributed by atoms with Gasteiger partial charge < -0.3 is 21.3 Å². The average Bonchev–Trinajstić information content (AvgIpc) is 2.56. The maximum Gasteiger partial charge on any atom is 0.324 e. The number of aromatic nitrogens is 1. The van der Waals surface area contributed by atoms with E-state index in [2.05, 4.69) is 14.7 Å². The van der Waals surface area contributed by atoms with E-state index in [0.29, 0.717) is 0 Å². The molecule has 6 N–H and O–H groups in total. The summed E-state index contributed by atoms with van der Waals surface area (Å²) in [5.74, 6) is -2.53. The number of nitrogens with zero attached hydrogens (tertiary/aromatic N) is 2. The number of aliphatic imine (C=N–C) groups is 1. The van der Waals surface area contributed by atoms with Crippen molar-refractivity contribution in [1.82, 2.24) is 9.71 Å². The van der Waals surface area contributed by atoms with E-state index >= 15 is 0 Å². The number of methoxy groups -OCH3 is 1. The highest BCUT2D eigenvalue weighted by molar-refractivity contribution is 7.89. The second-order valence-electron chi connectivity index (χ2n) is 5.14. The highest BCUT2D eigenvalue weighted by atomic mass is 32.2. The molecule has 0 bridgehead atoms. The number of carbonyl (C=O) groups is 1. The maximum absolute atomic E-state index is 13.9. The van der Waals surface area contributed by atoms with E-state index in [1.807, 2.05) is 4.72 Å². The van der Waals surface area contributed by atoms with Crippen LogP contribution in [-0.4, -0.2) is 50.2 Å². The molecule has 12 heteroatoms. The molecule has 0 aliphatic rings. The fraction of sp³-hybridized carbons (Fsp3) is 0.214. The summed E-state index contributed by atoms with van der Waals surface area (Å²) in [4.78, 5) is 18.3. The van der Waals surface area contributed by atoms with Crippen molar-refractivity contribution in [1.29, 1.82) is 0 Å². The smallest absolute Gasteiger partial charge is 0.324 e. The Hall–Kier alpha value is -2.83. The molecule has 0 saturated carbocycles. The number of fused-ring (bicyclic) bond motifs is 1. The van der Waals surface area contributed by atoms with E-state index in [4.69, 9.17) is 16.6 Å². The van der Waals surface area contributed by atoms with Gasteiger partial charge in [0.05, 0.1) is 17.7 Å². The molecule has 0 amide bonds. The van der Waals surface area contributed by atoms with Crippen LogP contribution >= 0.6 is 0 Å². The number of guanidine groups is 1. The number of aliphatic carboxylic acids is 1. The van der Waals surface area contributed by atoms with Crippen LogP contribution in [0.15, 0.2) is 34.3 Å². The molecule has 10 nitrogen and oxygen atoms in total. The second-order valence-corrected chi connectivity index (χ2v) is 6.86. The number of hydrogen-bond acceptors (Lipinski definition) is 6. The minimum absolute atomic E-state index is 0.0416. The summed E-state index contributed by atoms with van der Waals surface area (Å²) in [6.45, 7) is -0.377.